The van der Waals surface area contributed by atoms with Gasteiger partial charge in [0, 0.05) is 5.56 Å². The number of aryl methyl sites for hydroxylation is 1. The van der Waals surface area contributed by atoms with E-state index in [2.05, 4.69) is 9.97 Å². The molecule has 2 aromatic rings. The summed E-state index contributed by atoms with van der Waals surface area (Å²) in [7, 11) is 0. The number of hydrogen-bond donors (Lipinski definition) is 0. The maximum absolute atomic E-state index is 13.0. The van der Waals surface area contributed by atoms with E-state index >= 15 is 0 Å². The van der Waals surface area contributed by atoms with Crippen molar-refractivity contribution in [2.24, 2.45) is 0 Å². The fraction of sp³-hybridized carbons (Fsp3) is 0.0909. The van der Waals surface area contributed by atoms with E-state index in [1.165, 1.54) is 18.3 Å². The third kappa shape index (κ3) is 2.15. The fourth-order valence-corrected chi connectivity index (χ4v) is 1.75. The molecule has 0 saturated heterocycles. The van der Waals surface area contributed by atoms with Gasteiger partial charge in [0.25, 0.3) is 0 Å². The molecule has 1 heterocycles. The van der Waals surface area contributed by atoms with Gasteiger partial charge >= 0.3 is 0 Å². The summed E-state index contributed by atoms with van der Waals surface area (Å²) in [6.07, 6.45) is 1.43. The van der Waals surface area contributed by atoms with Gasteiger partial charge in [0.2, 0.25) is 5.28 Å². The summed E-state index contributed by atoms with van der Waals surface area (Å²) in [5.41, 5.74) is 2.01. The van der Waals surface area contributed by atoms with Crippen LogP contribution in [0.4, 0.5) is 4.39 Å². The normalized spacial score (nSPS) is 10.5. The molecule has 2 nitrogen and oxygen atoms in total. The minimum absolute atomic E-state index is 0.114. The van der Waals surface area contributed by atoms with Gasteiger partial charge in [0.05, 0.1) is 16.9 Å². The van der Waals surface area contributed by atoms with Gasteiger partial charge in [-0.3, -0.25) is 0 Å². The van der Waals surface area contributed by atoms with Gasteiger partial charge < -0.3 is 0 Å². The summed E-state index contributed by atoms with van der Waals surface area (Å²) in [5, 5.41) is 0.502. The van der Waals surface area contributed by atoms with Gasteiger partial charge in [-0.1, -0.05) is 11.6 Å². The van der Waals surface area contributed by atoms with Gasteiger partial charge in [-0.05, 0) is 42.3 Å². The van der Waals surface area contributed by atoms with Crippen molar-refractivity contribution in [3.63, 3.8) is 0 Å². The zero-order valence-corrected chi connectivity index (χ0v) is 9.85. The summed E-state index contributed by atoms with van der Waals surface area (Å²) in [6.45, 7) is 1.78. The summed E-state index contributed by atoms with van der Waals surface area (Å²) >= 11 is 11.7. The Morgan fingerprint density at radius 1 is 1.25 bits per heavy atom. The second-order valence-corrected chi connectivity index (χ2v) is 4.04. The van der Waals surface area contributed by atoms with Crippen molar-refractivity contribution in [2.45, 2.75) is 6.92 Å². The van der Waals surface area contributed by atoms with Crippen molar-refractivity contribution >= 4 is 23.2 Å². The SMILES string of the molecule is Cc1cc(F)ccc1-c1nc(Cl)ncc1Cl. The van der Waals surface area contributed by atoms with Crippen LogP contribution in [-0.4, -0.2) is 9.97 Å². The van der Waals surface area contributed by atoms with Crippen LogP contribution in [0, 0.1) is 12.7 Å². The highest BCUT2D eigenvalue weighted by Crippen LogP contribution is 2.28. The van der Waals surface area contributed by atoms with E-state index in [0.717, 1.165) is 11.1 Å². The van der Waals surface area contributed by atoms with Gasteiger partial charge in [0.15, 0.2) is 0 Å². The van der Waals surface area contributed by atoms with Crippen LogP contribution >= 0.6 is 23.2 Å². The molecule has 0 aliphatic carbocycles. The number of benzene rings is 1. The van der Waals surface area contributed by atoms with Gasteiger partial charge in [-0.25, -0.2) is 14.4 Å². The number of hydrogen-bond acceptors (Lipinski definition) is 2. The summed E-state index contributed by atoms with van der Waals surface area (Å²) in [4.78, 5) is 7.79. The van der Waals surface area contributed by atoms with Gasteiger partial charge in [-0.2, -0.15) is 0 Å². The molecule has 0 atom stereocenters. The van der Waals surface area contributed by atoms with Crippen molar-refractivity contribution in [1.82, 2.24) is 9.97 Å². The Morgan fingerprint density at radius 3 is 2.69 bits per heavy atom. The summed E-state index contributed by atoms with van der Waals surface area (Å²) in [5.74, 6) is -0.294. The lowest BCUT2D eigenvalue weighted by molar-refractivity contribution is 0.627. The Hall–Kier alpha value is -1.19. The Labute approximate surface area is 102 Å². The molecule has 16 heavy (non-hydrogen) atoms. The smallest absolute Gasteiger partial charge is 0.222 e. The van der Waals surface area contributed by atoms with E-state index in [1.54, 1.807) is 13.0 Å². The molecule has 0 amide bonds. The lowest BCUT2D eigenvalue weighted by atomic mass is 10.1. The first kappa shape index (κ1) is 11.3. The standard InChI is InChI=1S/C11H7Cl2FN2/c1-6-4-7(14)2-3-8(6)10-9(12)5-15-11(13)16-10/h2-5H,1H3. The zero-order valence-electron chi connectivity index (χ0n) is 8.34. The quantitative estimate of drug-likeness (QED) is 0.724. The largest absolute Gasteiger partial charge is 0.225 e. The monoisotopic (exact) mass is 256 g/mol. The topological polar surface area (TPSA) is 25.8 Å². The van der Waals surface area contributed by atoms with Crippen LogP contribution in [-0.2, 0) is 0 Å². The molecular weight excluding hydrogens is 250 g/mol. The van der Waals surface area contributed by atoms with E-state index in [9.17, 15) is 4.39 Å². The molecule has 1 aromatic carbocycles. The average Bonchev–Trinajstić information content (AvgIpc) is 2.22. The Balaban J connectivity index is 2.62. The first-order valence-corrected chi connectivity index (χ1v) is 5.28. The zero-order chi connectivity index (χ0) is 11.7. The molecule has 0 N–H and O–H groups in total. The molecule has 0 aliphatic heterocycles. The van der Waals surface area contributed by atoms with Crippen molar-refractivity contribution < 1.29 is 4.39 Å². The Kier molecular flexibility index (Phi) is 3.08. The molecule has 0 aliphatic rings. The highest BCUT2D eigenvalue weighted by atomic mass is 35.5. The first-order valence-electron chi connectivity index (χ1n) is 4.52. The van der Waals surface area contributed by atoms with E-state index in [1.807, 2.05) is 0 Å². The van der Waals surface area contributed by atoms with Crippen LogP contribution in [0.15, 0.2) is 24.4 Å². The van der Waals surface area contributed by atoms with Gasteiger partial charge in [-0.15, -0.1) is 0 Å². The molecule has 0 bridgehead atoms. The third-order valence-electron chi connectivity index (χ3n) is 2.16. The lowest BCUT2D eigenvalue weighted by Gasteiger charge is -2.06. The lowest BCUT2D eigenvalue weighted by Crippen LogP contribution is -1.92. The summed E-state index contributed by atoms with van der Waals surface area (Å²) in [6, 6.07) is 4.39. The average molecular weight is 257 g/mol. The summed E-state index contributed by atoms with van der Waals surface area (Å²) < 4.78 is 13.0. The van der Waals surface area contributed by atoms with E-state index in [0.29, 0.717) is 10.7 Å². The van der Waals surface area contributed by atoms with Crippen molar-refractivity contribution in [1.29, 1.82) is 0 Å². The number of nitrogens with zero attached hydrogens (tertiary/aromatic N) is 2. The molecule has 5 heteroatoms. The second-order valence-electron chi connectivity index (χ2n) is 3.29. The molecule has 0 fully saturated rings. The Morgan fingerprint density at radius 2 is 2.00 bits per heavy atom. The van der Waals surface area contributed by atoms with E-state index < -0.39 is 0 Å². The molecule has 0 radical (unpaired) electrons. The molecular formula is C11H7Cl2FN2. The third-order valence-corrected chi connectivity index (χ3v) is 2.62. The van der Waals surface area contributed by atoms with Gasteiger partial charge in [0.1, 0.15) is 5.82 Å². The van der Waals surface area contributed by atoms with E-state index in [-0.39, 0.29) is 11.1 Å². The van der Waals surface area contributed by atoms with Crippen LogP contribution in [0.25, 0.3) is 11.3 Å². The second kappa shape index (κ2) is 4.36. The highest BCUT2D eigenvalue weighted by molar-refractivity contribution is 6.33. The molecule has 2 rings (SSSR count). The van der Waals surface area contributed by atoms with Crippen LogP contribution in [0.2, 0.25) is 10.3 Å². The maximum Gasteiger partial charge on any atom is 0.222 e. The van der Waals surface area contributed by atoms with Crippen LogP contribution < -0.4 is 0 Å². The van der Waals surface area contributed by atoms with Crippen LogP contribution in [0.1, 0.15) is 5.56 Å². The molecule has 82 valence electrons. The van der Waals surface area contributed by atoms with Crippen molar-refractivity contribution in [2.75, 3.05) is 0 Å². The Bertz CT molecular complexity index is 544. The molecule has 0 saturated carbocycles. The fourth-order valence-electron chi connectivity index (χ4n) is 1.43. The van der Waals surface area contributed by atoms with Crippen molar-refractivity contribution in [3.05, 3.63) is 46.1 Å². The highest BCUT2D eigenvalue weighted by Gasteiger charge is 2.10. The predicted molar refractivity (Wildman–Crippen MR) is 62.2 cm³/mol. The molecule has 0 unspecified atom stereocenters. The minimum Gasteiger partial charge on any atom is -0.225 e. The number of rotatable bonds is 1. The first-order chi connectivity index (χ1) is 7.58. The molecule has 0 spiro atoms. The van der Waals surface area contributed by atoms with Crippen LogP contribution in [0.3, 0.4) is 0 Å². The number of halogens is 3. The molecule has 1 aromatic heterocycles. The van der Waals surface area contributed by atoms with Crippen molar-refractivity contribution in [3.8, 4) is 11.3 Å². The predicted octanol–water partition coefficient (Wildman–Crippen LogP) is 3.90. The minimum atomic E-state index is -0.294. The number of aromatic nitrogens is 2. The van der Waals surface area contributed by atoms with E-state index in [4.69, 9.17) is 23.2 Å². The van der Waals surface area contributed by atoms with Crippen LogP contribution in [0.5, 0.6) is 0 Å². The maximum atomic E-state index is 13.0.